The average molecular weight is 170 g/mol. The quantitative estimate of drug-likeness (QED) is 0.567. The van der Waals surface area contributed by atoms with Crippen molar-refractivity contribution >= 4 is 0 Å². The van der Waals surface area contributed by atoms with Crippen LogP contribution in [0.5, 0.6) is 0 Å². The molecule has 1 saturated carbocycles. The standard InChI is InChI=1S/C13H14/c1-2-4-11(5-3-1)13-9-10-6-7-12(13)8-10/h1-7,10,12-13H,8-9H2/t10-,12-,13-/m1/s1. The minimum Gasteiger partial charge on any atom is -0.0851 e. The fraction of sp³-hybridized carbons (Fsp3) is 0.385. The summed E-state index contributed by atoms with van der Waals surface area (Å²) in [4.78, 5) is 0. The molecule has 0 amide bonds. The molecular formula is C13H14. The van der Waals surface area contributed by atoms with E-state index in [0.29, 0.717) is 0 Å². The Morgan fingerprint density at radius 2 is 1.77 bits per heavy atom. The van der Waals surface area contributed by atoms with E-state index in [0.717, 1.165) is 17.8 Å². The summed E-state index contributed by atoms with van der Waals surface area (Å²) >= 11 is 0. The van der Waals surface area contributed by atoms with Crippen LogP contribution >= 0.6 is 0 Å². The summed E-state index contributed by atoms with van der Waals surface area (Å²) in [6.45, 7) is 0. The lowest BCUT2D eigenvalue weighted by Crippen LogP contribution is -2.04. The Hall–Kier alpha value is -1.04. The smallest absolute Gasteiger partial charge is 0.00932 e. The van der Waals surface area contributed by atoms with E-state index >= 15 is 0 Å². The molecule has 66 valence electrons. The molecule has 0 heterocycles. The van der Waals surface area contributed by atoms with Crippen LogP contribution in [0.4, 0.5) is 0 Å². The van der Waals surface area contributed by atoms with E-state index in [9.17, 15) is 0 Å². The molecule has 0 nitrogen and oxygen atoms in total. The highest BCUT2D eigenvalue weighted by molar-refractivity contribution is 5.27. The van der Waals surface area contributed by atoms with Gasteiger partial charge in [0.1, 0.15) is 0 Å². The average Bonchev–Trinajstić information content (AvgIpc) is 2.80. The lowest BCUT2D eigenvalue weighted by Gasteiger charge is -2.17. The predicted octanol–water partition coefficient (Wildman–Crippen LogP) is 3.37. The van der Waals surface area contributed by atoms with Crippen molar-refractivity contribution < 1.29 is 0 Å². The van der Waals surface area contributed by atoms with E-state index in [1.165, 1.54) is 12.8 Å². The summed E-state index contributed by atoms with van der Waals surface area (Å²) in [6, 6.07) is 11.0. The number of hydrogen-bond donors (Lipinski definition) is 0. The van der Waals surface area contributed by atoms with Gasteiger partial charge in [0.2, 0.25) is 0 Å². The molecule has 3 atom stereocenters. The summed E-state index contributed by atoms with van der Waals surface area (Å²) < 4.78 is 0. The zero-order valence-corrected chi connectivity index (χ0v) is 7.69. The van der Waals surface area contributed by atoms with Crippen molar-refractivity contribution in [1.82, 2.24) is 0 Å². The molecular weight excluding hydrogens is 156 g/mol. The van der Waals surface area contributed by atoms with E-state index in [1.54, 1.807) is 5.56 Å². The van der Waals surface area contributed by atoms with Crippen LogP contribution in [0.1, 0.15) is 24.3 Å². The van der Waals surface area contributed by atoms with Crippen molar-refractivity contribution in [2.75, 3.05) is 0 Å². The van der Waals surface area contributed by atoms with Crippen molar-refractivity contribution in [1.29, 1.82) is 0 Å². The second-order valence-electron chi connectivity index (χ2n) is 4.30. The van der Waals surface area contributed by atoms with Crippen LogP contribution in [0.3, 0.4) is 0 Å². The normalized spacial score (nSPS) is 35.5. The molecule has 0 heteroatoms. The Labute approximate surface area is 79.3 Å². The Morgan fingerprint density at radius 3 is 2.38 bits per heavy atom. The van der Waals surface area contributed by atoms with Crippen LogP contribution < -0.4 is 0 Å². The molecule has 0 saturated heterocycles. The first kappa shape index (κ1) is 7.37. The van der Waals surface area contributed by atoms with Gasteiger partial charge in [0, 0.05) is 0 Å². The predicted molar refractivity (Wildman–Crippen MR) is 54.5 cm³/mol. The fourth-order valence-electron chi connectivity index (χ4n) is 2.86. The molecule has 0 radical (unpaired) electrons. The summed E-state index contributed by atoms with van der Waals surface area (Å²) in [5.74, 6) is 2.54. The van der Waals surface area contributed by atoms with Crippen LogP contribution in [-0.2, 0) is 0 Å². The summed E-state index contributed by atoms with van der Waals surface area (Å²) in [7, 11) is 0. The molecule has 1 fully saturated rings. The maximum absolute atomic E-state index is 2.42. The maximum atomic E-state index is 2.42. The summed E-state index contributed by atoms with van der Waals surface area (Å²) in [6.07, 6.45) is 7.61. The Kier molecular flexibility index (Phi) is 1.55. The first-order chi connectivity index (χ1) is 6.43. The second-order valence-corrected chi connectivity index (χ2v) is 4.30. The minimum absolute atomic E-state index is 0.816. The van der Waals surface area contributed by atoms with Crippen molar-refractivity contribution in [3.05, 3.63) is 48.0 Å². The lowest BCUT2D eigenvalue weighted by atomic mass is 9.87. The summed E-state index contributed by atoms with van der Waals surface area (Å²) in [5.41, 5.74) is 1.54. The van der Waals surface area contributed by atoms with E-state index in [-0.39, 0.29) is 0 Å². The molecule has 2 aliphatic rings. The van der Waals surface area contributed by atoms with E-state index in [4.69, 9.17) is 0 Å². The van der Waals surface area contributed by atoms with Crippen LogP contribution in [0, 0.1) is 11.8 Å². The van der Waals surface area contributed by atoms with Crippen LogP contribution in [-0.4, -0.2) is 0 Å². The van der Waals surface area contributed by atoms with Gasteiger partial charge in [-0.2, -0.15) is 0 Å². The third kappa shape index (κ3) is 1.13. The first-order valence-corrected chi connectivity index (χ1v) is 5.17. The highest BCUT2D eigenvalue weighted by atomic mass is 14.4. The highest BCUT2D eigenvalue weighted by Crippen LogP contribution is 2.48. The van der Waals surface area contributed by atoms with Crippen molar-refractivity contribution in [3.63, 3.8) is 0 Å². The number of rotatable bonds is 1. The molecule has 1 aromatic rings. The van der Waals surface area contributed by atoms with Gasteiger partial charge in [-0.1, -0.05) is 42.5 Å². The Balaban J connectivity index is 1.92. The Bertz CT molecular complexity index is 323. The van der Waals surface area contributed by atoms with Crippen LogP contribution in [0.15, 0.2) is 42.5 Å². The highest BCUT2D eigenvalue weighted by Gasteiger charge is 2.35. The van der Waals surface area contributed by atoms with Gasteiger partial charge in [-0.3, -0.25) is 0 Å². The van der Waals surface area contributed by atoms with Gasteiger partial charge in [0.25, 0.3) is 0 Å². The van der Waals surface area contributed by atoms with Crippen molar-refractivity contribution in [2.45, 2.75) is 18.8 Å². The van der Waals surface area contributed by atoms with Gasteiger partial charge in [-0.15, -0.1) is 0 Å². The van der Waals surface area contributed by atoms with E-state index < -0.39 is 0 Å². The molecule has 13 heavy (non-hydrogen) atoms. The van der Waals surface area contributed by atoms with Gasteiger partial charge in [-0.05, 0) is 36.2 Å². The van der Waals surface area contributed by atoms with Crippen LogP contribution in [0.25, 0.3) is 0 Å². The number of allylic oxidation sites excluding steroid dienone is 2. The van der Waals surface area contributed by atoms with Gasteiger partial charge in [0.15, 0.2) is 0 Å². The molecule has 0 N–H and O–H groups in total. The largest absolute Gasteiger partial charge is 0.0851 e. The SMILES string of the molecule is C1=C[C@@H]2C[C@@H]1C[C@@H]2c1ccccc1. The van der Waals surface area contributed by atoms with Gasteiger partial charge < -0.3 is 0 Å². The molecule has 2 bridgehead atoms. The lowest BCUT2D eigenvalue weighted by molar-refractivity contribution is 0.585. The minimum atomic E-state index is 0.816. The third-order valence-corrected chi connectivity index (χ3v) is 3.51. The van der Waals surface area contributed by atoms with Crippen LogP contribution in [0.2, 0.25) is 0 Å². The van der Waals surface area contributed by atoms with Gasteiger partial charge in [-0.25, -0.2) is 0 Å². The van der Waals surface area contributed by atoms with E-state index in [1.807, 2.05) is 0 Å². The summed E-state index contributed by atoms with van der Waals surface area (Å²) in [5, 5.41) is 0. The molecule has 2 aliphatic carbocycles. The van der Waals surface area contributed by atoms with E-state index in [2.05, 4.69) is 42.5 Å². The Morgan fingerprint density at radius 1 is 0.923 bits per heavy atom. The third-order valence-electron chi connectivity index (χ3n) is 3.51. The molecule has 3 rings (SSSR count). The number of hydrogen-bond acceptors (Lipinski definition) is 0. The van der Waals surface area contributed by atoms with Crippen molar-refractivity contribution in [2.24, 2.45) is 11.8 Å². The van der Waals surface area contributed by atoms with Gasteiger partial charge in [0.05, 0.1) is 0 Å². The molecule has 0 unspecified atom stereocenters. The molecule has 1 aromatic carbocycles. The first-order valence-electron chi connectivity index (χ1n) is 5.17. The topological polar surface area (TPSA) is 0 Å². The number of fused-ring (bicyclic) bond motifs is 2. The second kappa shape index (κ2) is 2.73. The van der Waals surface area contributed by atoms with Crippen molar-refractivity contribution in [3.8, 4) is 0 Å². The number of benzene rings is 1. The fourth-order valence-corrected chi connectivity index (χ4v) is 2.86. The molecule has 0 aliphatic heterocycles. The zero-order valence-electron chi connectivity index (χ0n) is 7.69. The molecule has 0 spiro atoms. The molecule has 0 aromatic heterocycles. The van der Waals surface area contributed by atoms with Gasteiger partial charge >= 0.3 is 0 Å². The maximum Gasteiger partial charge on any atom is -0.00932 e. The zero-order chi connectivity index (χ0) is 8.67. The monoisotopic (exact) mass is 170 g/mol.